The van der Waals surface area contributed by atoms with Gasteiger partial charge in [-0.25, -0.2) is 0 Å². The molecule has 1 atom stereocenters. The van der Waals surface area contributed by atoms with Crippen LogP contribution in [-0.2, 0) is 11.2 Å². The molecule has 0 heterocycles. The summed E-state index contributed by atoms with van der Waals surface area (Å²) < 4.78 is 0. The van der Waals surface area contributed by atoms with E-state index in [1.807, 2.05) is 30.3 Å². The van der Waals surface area contributed by atoms with Crippen LogP contribution in [-0.4, -0.2) is 17.1 Å². The highest BCUT2D eigenvalue weighted by Crippen LogP contribution is 2.06. The summed E-state index contributed by atoms with van der Waals surface area (Å²) in [7, 11) is 0. The van der Waals surface area contributed by atoms with Crippen LogP contribution in [0.2, 0.25) is 0 Å². The largest absolute Gasteiger partial charge is 0.481 e. The molecule has 1 aromatic carbocycles. The Bertz CT molecular complexity index is 298. The topological polar surface area (TPSA) is 63.3 Å². The first-order valence-corrected chi connectivity index (χ1v) is 5.20. The second-order valence-corrected chi connectivity index (χ2v) is 3.74. The number of aliphatic carboxylic acids is 1. The van der Waals surface area contributed by atoms with Crippen molar-refractivity contribution in [2.45, 2.75) is 31.7 Å². The fourth-order valence-electron chi connectivity index (χ4n) is 1.53. The van der Waals surface area contributed by atoms with Crippen LogP contribution in [0, 0.1) is 0 Å². The molecule has 0 aromatic heterocycles. The lowest BCUT2D eigenvalue weighted by molar-refractivity contribution is -0.137. The van der Waals surface area contributed by atoms with Crippen molar-refractivity contribution in [3.05, 3.63) is 35.9 Å². The highest BCUT2D eigenvalue weighted by Gasteiger charge is 2.05. The number of rotatable bonds is 6. The van der Waals surface area contributed by atoms with Crippen molar-refractivity contribution in [2.75, 3.05) is 0 Å². The first-order valence-electron chi connectivity index (χ1n) is 5.20. The van der Waals surface area contributed by atoms with Gasteiger partial charge in [-0.15, -0.1) is 0 Å². The van der Waals surface area contributed by atoms with E-state index in [4.69, 9.17) is 10.8 Å². The molecule has 0 saturated heterocycles. The van der Waals surface area contributed by atoms with Crippen molar-refractivity contribution in [1.82, 2.24) is 0 Å². The minimum atomic E-state index is -0.748. The second-order valence-electron chi connectivity index (χ2n) is 3.74. The molecule has 1 unspecified atom stereocenters. The van der Waals surface area contributed by atoms with E-state index in [0.717, 1.165) is 12.8 Å². The molecule has 1 rings (SSSR count). The molecule has 0 aliphatic heterocycles. The summed E-state index contributed by atoms with van der Waals surface area (Å²) in [5.74, 6) is -0.748. The molecule has 0 saturated carbocycles. The van der Waals surface area contributed by atoms with Crippen LogP contribution < -0.4 is 5.73 Å². The summed E-state index contributed by atoms with van der Waals surface area (Å²) in [6.07, 6.45) is 2.45. The molecule has 3 heteroatoms. The summed E-state index contributed by atoms with van der Waals surface area (Å²) in [5, 5.41) is 8.48. The van der Waals surface area contributed by atoms with Gasteiger partial charge in [0.15, 0.2) is 0 Å². The van der Waals surface area contributed by atoms with Gasteiger partial charge < -0.3 is 10.8 Å². The SMILES string of the molecule is NC(CCCC(=O)O)Cc1ccccc1. The number of hydrogen-bond donors (Lipinski definition) is 2. The predicted molar refractivity (Wildman–Crippen MR) is 59.6 cm³/mol. The van der Waals surface area contributed by atoms with E-state index in [2.05, 4.69) is 0 Å². The normalized spacial score (nSPS) is 12.3. The Kier molecular flexibility index (Phi) is 4.84. The van der Waals surface area contributed by atoms with Crippen molar-refractivity contribution in [2.24, 2.45) is 5.73 Å². The molecule has 0 amide bonds. The molecule has 0 aliphatic carbocycles. The Morgan fingerprint density at radius 1 is 1.33 bits per heavy atom. The number of carboxylic acid groups (broad SMARTS) is 1. The third-order valence-electron chi connectivity index (χ3n) is 2.31. The number of carbonyl (C=O) groups is 1. The Balaban J connectivity index is 2.24. The van der Waals surface area contributed by atoms with E-state index >= 15 is 0 Å². The van der Waals surface area contributed by atoms with E-state index in [0.29, 0.717) is 6.42 Å². The second kappa shape index (κ2) is 6.19. The van der Waals surface area contributed by atoms with Gasteiger partial charge >= 0.3 is 5.97 Å². The highest BCUT2D eigenvalue weighted by molar-refractivity contribution is 5.66. The zero-order valence-electron chi connectivity index (χ0n) is 8.73. The average molecular weight is 207 g/mol. The summed E-state index contributed by atoms with van der Waals surface area (Å²) in [6, 6.07) is 10.1. The lowest BCUT2D eigenvalue weighted by Gasteiger charge is -2.10. The lowest BCUT2D eigenvalue weighted by atomic mass is 10.0. The Morgan fingerprint density at radius 3 is 2.60 bits per heavy atom. The van der Waals surface area contributed by atoms with Gasteiger partial charge in [-0.3, -0.25) is 4.79 Å². The fraction of sp³-hybridized carbons (Fsp3) is 0.417. The van der Waals surface area contributed by atoms with Gasteiger partial charge in [0.25, 0.3) is 0 Å². The Hall–Kier alpha value is -1.35. The Labute approximate surface area is 89.9 Å². The minimum absolute atomic E-state index is 0.0618. The molecule has 15 heavy (non-hydrogen) atoms. The van der Waals surface area contributed by atoms with Crippen LogP contribution in [0.25, 0.3) is 0 Å². The van der Waals surface area contributed by atoms with Crippen LogP contribution in [0.1, 0.15) is 24.8 Å². The minimum Gasteiger partial charge on any atom is -0.481 e. The van der Waals surface area contributed by atoms with Crippen LogP contribution >= 0.6 is 0 Å². The van der Waals surface area contributed by atoms with E-state index in [-0.39, 0.29) is 12.5 Å². The molecular formula is C12H17NO2. The number of carboxylic acids is 1. The van der Waals surface area contributed by atoms with E-state index < -0.39 is 5.97 Å². The molecule has 0 aliphatic rings. The Morgan fingerprint density at radius 2 is 2.00 bits per heavy atom. The van der Waals surface area contributed by atoms with Gasteiger partial charge in [-0.05, 0) is 24.8 Å². The molecule has 0 fully saturated rings. The third kappa shape index (κ3) is 5.18. The van der Waals surface area contributed by atoms with Gasteiger partial charge in [0.2, 0.25) is 0 Å². The van der Waals surface area contributed by atoms with Gasteiger partial charge in [0, 0.05) is 12.5 Å². The lowest BCUT2D eigenvalue weighted by Crippen LogP contribution is -2.22. The first kappa shape index (κ1) is 11.7. The summed E-state index contributed by atoms with van der Waals surface area (Å²) in [6.45, 7) is 0. The summed E-state index contributed by atoms with van der Waals surface area (Å²) in [5.41, 5.74) is 7.11. The van der Waals surface area contributed by atoms with Crippen LogP contribution in [0.15, 0.2) is 30.3 Å². The highest BCUT2D eigenvalue weighted by atomic mass is 16.4. The van der Waals surface area contributed by atoms with Gasteiger partial charge in [-0.1, -0.05) is 30.3 Å². The van der Waals surface area contributed by atoms with Crippen LogP contribution in [0.5, 0.6) is 0 Å². The smallest absolute Gasteiger partial charge is 0.303 e. The third-order valence-corrected chi connectivity index (χ3v) is 2.31. The van der Waals surface area contributed by atoms with Crippen molar-refractivity contribution >= 4 is 5.97 Å². The quantitative estimate of drug-likeness (QED) is 0.747. The van der Waals surface area contributed by atoms with Gasteiger partial charge in [0.05, 0.1) is 0 Å². The number of nitrogens with two attached hydrogens (primary N) is 1. The summed E-state index contributed by atoms with van der Waals surface area (Å²) in [4.78, 5) is 10.3. The van der Waals surface area contributed by atoms with Crippen molar-refractivity contribution in [3.63, 3.8) is 0 Å². The zero-order valence-corrected chi connectivity index (χ0v) is 8.73. The summed E-state index contributed by atoms with van der Waals surface area (Å²) >= 11 is 0. The molecule has 82 valence electrons. The van der Waals surface area contributed by atoms with Crippen molar-refractivity contribution < 1.29 is 9.90 Å². The number of benzene rings is 1. The van der Waals surface area contributed by atoms with Gasteiger partial charge in [0.1, 0.15) is 0 Å². The van der Waals surface area contributed by atoms with Crippen molar-refractivity contribution in [3.8, 4) is 0 Å². The van der Waals surface area contributed by atoms with E-state index in [1.54, 1.807) is 0 Å². The molecular weight excluding hydrogens is 190 g/mol. The molecule has 0 radical (unpaired) electrons. The monoisotopic (exact) mass is 207 g/mol. The maximum Gasteiger partial charge on any atom is 0.303 e. The van der Waals surface area contributed by atoms with Crippen LogP contribution in [0.4, 0.5) is 0 Å². The van der Waals surface area contributed by atoms with Crippen molar-refractivity contribution in [1.29, 1.82) is 0 Å². The van der Waals surface area contributed by atoms with Gasteiger partial charge in [-0.2, -0.15) is 0 Å². The standard InChI is InChI=1S/C12H17NO2/c13-11(7-4-8-12(14)15)9-10-5-2-1-3-6-10/h1-3,5-6,11H,4,7-9,13H2,(H,14,15). The maximum absolute atomic E-state index is 10.3. The molecule has 3 N–H and O–H groups in total. The van der Waals surface area contributed by atoms with Crippen LogP contribution in [0.3, 0.4) is 0 Å². The molecule has 0 bridgehead atoms. The molecule has 1 aromatic rings. The molecule has 3 nitrogen and oxygen atoms in total. The predicted octanol–water partition coefficient (Wildman–Crippen LogP) is 1.81. The number of hydrogen-bond acceptors (Lipinski definition) is 2. The van der Waals surface area contributed by atoms with E-state index in [9.17, 15) is 4.79 Å². The molecule has 0 spiro atoms. The maximum atomic E-state index is 10.3. The zero-order chi connectivity index (χ0) is 11.1. The van der Waals surface area contributed by atoms with E-state index in [1.165, 1.54) is 5.56 Å². The first-order chi connectivity index (χ1) is 7.18. The fourth-order valence-corrected chi connectivity index (χ4v) is 1.53. The average Bonchev–Trinajstić information content (AvgIpc) is 2.18.